The summed E-state index contributed by atoms with van der Waals surface area (Å²) in [4.78, 5) is 27.6. The Labute approximate surface area is 196 Å². The van der Waals surface area contributed by atoms with E-state index in [0.29, 0.717) is 40.7 Å². The van der Waals surface area contributed by atoms with Crippen molar-refractivity contribution >= 4 is 23.3 Å². The van der Waals surface area contributed by atoms with Gasteiger partial charge in [-0.05, 0) is 43.7 Å². The Bertz CT molecular complexity index is 1280. The number of carbonyl (C=O) groups excluding carboxylic acids is 2. The molecule has 9 heteroatoms. The van der Waals surface area contributed by atoms with Gasteiger partial charge in [-0.1, -0.05) is 23.4 Å². The highest BCUT2D eigenvalue weighted by molar-refractivity contribution is 6.51. The molecule has 1 aliphatic rings. The molecule has 1 saturated heterocycles. The van der Waals surface area contributed by atoms with E-state index in [2.05, 4.69) is 5.16 Å². The Morgan fingerprint density at radius 1 is 1.09 bits per heavy atom. The largest absolute Gasteiger partial charge is 0.507 e. The van der Waals surface area contributed by atoms with Crippen molar-refractivity contribution in [3.05, 3.63) is 71.0 Å². The fraction of sp³-hybridized carbons (Fsp3) is 0.240. The van der Waals surface area contributed by atoms with Gasteiger partial charge in [0, 0.05) is 11.6 Å². The van der Waals surface area contributed by atoms with E-state index < -0.39 is 17.7 Å². The molecule has 1 atom stereocenters. The minimum atomic E-state index is -0.986. The summed E-state index contributed by atoms with van der Waals surface area (Å²) in [5.41, 5.74) is 0.756. The third-order valence-electron chi connectivity index (χ3n) is 5.45. The number of methoxy groups -OCH3 is 2. The van der Waals surface area contributed by atoms with Crippen LogP contribution in [0.25, 0.3) is 5.76 Å². The molecule has 1 fully saturated rings. The zero-order valence-electron chi connectivity index (χ0n) is 19.2. The number of carbonyl (C=O) groups is 2. The Hall–Kier alpha value is -4.27. The molecule has 0 saturated carbocycles. The number of aryl methyl sites for hydroxylation is 1. The summed E-state index contributed by atoms with van der Waals surface area (Å²) < 4.78 is 21.5. The number of aliphatic hydroxyl groups is 1. The van der Waals surface area contributed by atoms with E-state index in [1.54, 1.807) is 55.5 Å². The molecule has 3 aromatic rings. The number of hydrogen-bond donors (Lipinski definition) is 1. The van der Waals surface area contributed by atoms with Gasteiger partial charge < -0.3 is 23.8 Å². The quantitative estimate of drug-likeness (QED) is 0.317. The van der Waals surface area contributed by atoms with Gasteiger partial charge in [-0.2, -0.15) is 0 Å². The topological polar surface area (TPSA) is 111 Å². The van der Waals surface area contributed by atoms with E-state index in [4.69, 9.17) is 18.7 Å². The Balaban J connectivity index is 1.94. The van der Waals surface area contributed by atoms with E-state index in [0.717, 1.165) is 0 Å². The first-order valence-electron chi connectivity index (χ1n) is 10.6. The lowest BCUT2D eigenvalue weighted by Crippen LogP contribution is -2.29. The summed E-state index contributed by atoms with van der Waals surface area (Å²) >= 11 is 0. The van der Waals surface area contributed by atoms with Crippen LogP contribution in [0.4, 0.5) is 5.82 Å². The van der Waals surface area contributed by atoms with Gasteiger partial charge >= 0.3 is 5.91 Å². The molecule has 0 spiro atoms. The number of ketones is 1. The maximum absolute atomic E-state index is 13.2. The van der Waals surface area contributed by atoms with Crippen molar-refractivity contribution in [2.45, 2.75) is 19.9 Å². The number of aliphatic hydroxyl groups excluding tert-OH is 1. The van der Waals surface area contributed by atoms with Crippen LogP contribution < -0.4 is 19.1 Å². The van der Waals surface area contributed by atoms with E-state index in [1.165, 1.54) is 19.1 Å². The lowest BCUT2D eigenvalue weighted by Gasteiger charge is -2.23. The van der Waals surface area contributed by atoms with E-state index >= 15 is 0 Å². The number of ether oxygens (including phenoxy) is 3. The van der Waals surface area contributed by atoms with Gasteiger partial charge in [0.15, 0.2) is 17.3 Å². The number of anilines is 1. The lowest BCUT2D eigenvalue weighted by molar-refractivity contribution is -0.132. The van der Waals surface area contributed by atoms with E-state index in [9.17, 15) is 14.7 Å². The smallest absolute Gasteiger partial charge is 0.301 e. The minimum Gasteiger partial charge on any atom is -0.507 e. The van der Waals surface area contributed by atoms with Gasteiger partial charge in [0.25, 0.3) is 5.78 Å². The Morgan fingerprint density at radius 3 is 2.53 bits per heavy atom. The van der Waals surface area contributed by atoms with Gasteiger partial charge in [-0.15, -0.1) is 0 Å². The molecule has 1 N–H and O–H groups in total. The van der Waals surface area contributed by atoms with Crippen LogP contribution in [-0.4, -0.2) is 42.8 Å². The highest BCUT2D eigenvalue weighted by Crippen LogP contribution is 2.44. The number of aromatic nitrogens is 1. The summed E-state index contributed by atoms with van der Waals surface area (Å²) in [6, 6.07) is 12.2. The number of Topliss-reactive ketones (excluding diaryl/α,β-unsaturated/α-hetero) is 1. The third-order valence-corrected chi connectivity index (χ3v) is 5.45. The van der Waals surface area contributed by atoms with Crippen molar-refractivity contribution < 1.29 is 33.4 Å². The zero-order chi connectivity index (χ0) is 24.4. The Kier molecular flexibility index (Phi) is 6.27. The summed E-state index contributed by atoms with van der Waals surface area (Å²) in [5, 5.41) is 15.2. The molecule has 2 aromatic carbocycles. The predicted octanol–water partition coefficient (Wildman–Crippen LogP) is 4.03. The van der Waals surface area contributed by atoms with Gasteiger partial charge in [0.1, 0.15) is 17.3 Å². The fourth-order valence-corrected chi connectivity index (χ4v) is 3.91. The first-order valence-corrected chi connectivity index (χ1v) is 10.6. The number of benzene rings is 2. The highest BCUT2D eigenvalue weighted by Gasteiger charge is 2.48. The van der Waals surface area contributed by atoms with Crippen LogP contribution in [0.2, 0.25) is 0 Å². The molecule has 34 heavy (non-hydrogen) atoms. The molecule has 1 aromatic heterocycles. The average Bonchev–Trinajstić information content (AvgIpc) is 3.39. The second-order valence-electron chi connectivity index (χ2n) is 7.54. The monoisotopic (exact) mass is 464 g/mol. The number of rotatable bonds is 7. The summed E-state index contributed by atoms with van der Waals surface area (Å²) in [6.07, 6.45) is 0. The SMILES string of the molecule is CCOc1ccc([C@H]2C(=C(O)c3cccc(OC)c3)C(=O)C(=O)N2c2cc(C)on2)cc1OC. The molecule has 9 nitrogen and oxygen atoms in total. The van der Waals surface area contributed by atoms with Crippen LogP contribution in [-0.2, 0) is 9.59 Å². The summed E-state index contributed by atoms with van der Waals surface area (Å²) in [5.74, 6) is 0.0187. The minimum absolute atomic E-state index is 0.0925. The standard InChI is InChI=1S/C25H24N2O7/c1-5-33-18-10-9-15(13-19(18)32-4)22-21(23(28)16-7-6-8-17(12-16)31-3)24(29)25(30)27(22)20-11-14(2)34-26-20/h6-13,22,28H,5H2,1-4H3/t22-/m0/s1. The van der Waals surface area contributed by atoms with Crippen LogP contribution in [0.5, 0.6) is 17.2 Å². The molecule has 0 unspecified atom stereocenters. The molecule has 0 bridgehead atoms. The van der Waals surface area contributed by atoms with Crippen molar-refractivity contribution in [3.8, 4) is 17.2 Å². The molecule has 1 aliphatic heterocycles. The first-order chi connectivity index (χ1) is 16.4. The van der Waals surface area contributed by atoms with Gasteiger partial charge in [-0.25, -0.2) is 0 Å². The number of nitrogens with zero attached hydrogens (tertiary/aromatic N) is 2. The molecule has 4 rings (SSSR count). The number of amides is 1. The lowest BCUT2D eigenvalue weighted by atomic mass is 9.95. The maximum atomic E-state index is 13.2. The molecule has 0 aliphatic carbocycles. The molecular weight excluding hydrogens is 440 g/mol. The fourth-order valence-electron chi connectivity index (χ4n) is 3.91. The molecular formula is C25H24N2O7. The highest BCUT2D eigenvalue weighted by atomic mass is 16.5. The summed E-state index contributed by atoms with van der Waals surface area (Å²) in [6.45, 7) is 3.96. The van der Waals surface area contributed by atoms with Crippen LogP contribution in [0.3, 0.4) is 0 Å². The first kappa shape index (κ1) is 22.9. The van der Waals surface area contributed by atoms with Crippen molar-refractivity contribution in [1.82, 2.24) is 5.16 Å². The van der Waals surface area contributed by atoms with Gasteiger partial charge in [0.2, 0.25) is 0 Å². The zero-order valence-corrected chi connectivity index (χ0v) is 19.2. The summed E-state index contributed by atoms with van der Waals surface area (Å²) in [7, 11) is 2.99. The average molecular weight is 464 g/mol. The van der Waals surface area contributed by atoms with Crippen molar-refractivity contribution in [2.24, 2.45) is 0 Å². The van der Waals surface area contributed by atoms with Crippen LogP contribution in [0.15, 0.2) is 58.6 Å². The van der Waals surface area contributed by atoms with Crippen molar-refractivity contribution in [3.63, 3.8) is 0 Å². The molecule has 0 radical (unpaired) electrons. The predicted molar refractivity (Wildman–Crippen MR) is 123 cm³/mol. The van der Waals surface area contributed by atoms with Crippen LogP contribution >= 0.6 is 0 Å². The van der Waals surface area contributed by atoms with Crippen molar-refractivity contribution in [1.29, 1.82) is 0 Å². The van der Waals surface area contributed by atoms with Gasteiger partial charge in [0.05, 0.1) is 32.4 Å². The molecule has 1 amide bonds. The number of hydrogen-bond acceptors (Lipinski definition) is 8. The Morgan fingerprint density at radius 2 is 1.88 bits per heavy atom. The van der Waals surface area contributed by atoms with Crippen molar-refractivity contribution in [2.75, 3.05) is 25.7 Å². The van der Waals surface area contributed by atoms with Crippen LogP contribution in [0, 0.1) is 6.92 Å². The van der Waals surface area contributed by atoms with Gasteiger partial charge in [-0.3, -0.25) is 14.5 Å². The normalized spacial score (nSPS) is 17.2. The maximum Gasteiger partial charge on any atom is 0.301 e. The second-order valence-corrected chi connectivity index (χ2v) is 7.54. The second kappa shape index (κ2) is 9.30. The van der Waals surface area contributed by atoms with E-state index in [-0.39, 0.29) is 17.2 Å². The van der Waals surface area contributed by atoms with Crippen LogP contribution in [0.1, 0.15) is 29.9 Å². The third kappa shape index (κ3) is 3.96. The van der Waals surface area contributed by atoms with E-state index in [1.807, 2.05) is 6.92 Å². The molecule has 176 valence electrons. The molecule has 2 heterocycles.